The van der Waals surface area contributed by atoms with Crippen molar-refractivity contribution < 1.29 is 9.59 Å². The van der Waals surface area contributed by atoms with Gasteiger partial charge in [0, 0.05) is 16.7 Å². The highest BCUT2D eigenvalue weighted by Crippen LogP contribution is 2.23. The van der Waals surface area contributed by atoms with Crippen LogP contribution in [0.4, 0.5) is 5.69 Å². The second-order valence-corrected chi connectivity index (χ2v) is 4.62. The Balaban J connectivity index is 3.00. The van der Waals surface area contributed by atoms with Crippen molar-refractivity contribution in [2.75, 3.05) is 18.0 Å². The minimum absolute atomic E-state index is 0.0721. The number of nitrogens with zero attached hydrogens (tertiary/aromatic N) is 1. The Bertz CT molecular complexity index is 448. The van der Waals surface area contributed by atoms with Gasteiger partial charge in [-0.2, -0.15) is 0 Å². The number of carbonyl (C=O) groups excluding carboxylic acids is 2. The van der Waals surface area contributed by atoms with Gasteiger partial charge in [0.1, 0.15) is 0 Å². The van der Waals surface area contributed by atoms with Crippen molar-refractivity contribution in [3.63, 3.8) is 0 Å². The number of rotatable bonds is 6. The highest BCUT2D eigenvalue weighted by molar-refractivity contribution is 9.10. The van der Waals surface area contributed by atoms with Gasteiger partial charge in [-0.05, 0) is 17.7 Å². The maximum Gasteiger partial charge on any atom is 0.236 e. The number of benzene rings is 1. The lowest BCUT2D eigenvalue weighted by Crippen LogP contribution is -2.39. The Labute approximate surface area is 113 Å². The first kappa shape index (κ1) is 14.5. The molecule has 0 spiro atoms. The van der Waals surface area contributed by atoms with E-state index in [0.29, 0.717) is 12.2 Å². The minimum Gasteiger partial charge on any atom is -0.368 e. The van der Waals surface area contributed by atoms with Crippen LogP contribution < -0.4 is 22.1 Å². The molecule has 0 atom stereocenters. The van der Waals surface area contributed by atoms with Crippen LogP contribution in [0.25, 0.3) is 0 Å². The predicted molar refractivity (Wildman–Crippen MR) is 72.6 cm³/mol. The number of halogens is 1. The third kappa shape index (κ3) is 4.01. The molecule has 0 bridgehead atoms. The third-order valence-electron chi connectivity index (χ3n) is 2.32. The van der Waals surface area contributed by atoms with Crippen molar-refractivity contribution in [1.82, 2.24) is 0 Å². The molecule has 0 aromatic heterocycles. The number of hydrogen-bond donors (Lipinski definition) is 3. The fourth-order valence-corrected chi connectivity index (χ4v) is 2.04. The molecule has 1 aromatic rings. The van der Waals surface area contributed by atoms with Crippen LogP contribution in [0.3, 0.4) is 0 Å². The molecule has 0 heterocycles. The van der Waals surface area contributed by atoms with Gasteiger partial charge in [0.2, 0.25) is 11.8 Å². The number of anilines is 1. The fraction of sp³-hybridized carbons (Fsp3) is 0.273. The molecule has 1 rings (SSSR count). The summed E-state index contributed by atoms with van der Waals surface area (Å²) in [5.41, 5.74) is 17.4. The van der Waals surface area contributed by atoms with Crippen molar-refractivity contribution in [1.29, 1.82) is 0 Å². The number of primary amides is 2. The molecule has 6 nitrogen and oxygen atoms in total. The average Bonchev–Trinajstić information content (AvgIpc) is 2.26. The third-order valence-corrected chi connectivity index (χ3v) is 3.05. The van der Waals surface area contributed by atoms with Crippen LogP contribution in [0, 0.1) is 0 Å². The Morgan fingerprint density at radius 3 is 2.11 bits per heavy atom. The van der Waals surface area contributed by atoms with Crippen LogP contribution in [0.1, 0.15) is 5.56 Å². The van der Waals surface area contributed by atoms with Gasteiger partial charge in [-0.1, -0.05) is 22.0 Å². The molecule has 0 aliphatic carbocycles. The minimum atomic E-state index is -0.532. The van der Waals surface area contributed by atoms with Crippen molar-refractivity contribution >= 4 is 33.4 Å². The molecule has 7 heteroatoms. The van der Waals surface area contributed by atoms with E-state index in [1.54, 1.807) is 12.1 Å². The molecule has 0 aliphatic rings. The van der Waals surface area contributed by atoms with Crippen molar-refractivity contribution in [3.8, 4) is 0 Å². The second-order valence-electron chi connectivity index (χ2n) is 3.77. The van der Waals surface area contributed by atoms with Gasteiger partial charge in [0.15, 0.2) is 0 Å². The molecule has 1 aromatic carbocycles. The average molecular weight is 315 g/mol. The summed E-state index contributed by atoms with van der Waals surface area (Å²) in [5.74, 6) is -1.06. The normalized spacial score (nSPS) is 10.1. The first-order chi connectivity index (χ1) is 8.43. The van der Waals surface area contributed by atoms with Crippen molar-refractivity contribution in [3.05, 3.63) is 28.2 Å². The molecule has 2 amide bonds. The summed E-state index contributed by atoms with van der Waals surface area (Å²) >= 11 is 3.37. The van der Waals surface area contributed by atoms with Gasteiger partial charge in [0.05, 0.1) is 13.1 Å². The number of nitrogens with two attached hydrogens (primary N) is 3. The highest BCUT2D eigenvalue weighted by atomic mass is 79.9. The van der Waals surface area contributed by atoms with Crippen LogP contribution in [0.15, 0.2) is 22.7 Å². The van der Waals surface area contributed by atoms with E-state index < -0.39 is 11.8 Å². The zero-order chi connectivity index (χ0) is 13.7. The SMILES string of the molecule is NCc1ccc(N(CC(N)=O)CC(N)=O)cc1Br. The maximum atomic E-state index is 11.0. The molecule has 6 N–H and O–H groups in total. The van der Waals surface area contributed by atoms with Crippen molar-refractivity contribution in [2.24, 2.45) is 17.2 Å². The van der Waals surface area contributed by atoms with Gasteiger partial charge in [0.25, 0.3) is 0 Å². The van der Waals surface area contributed by atoms with E-state index in [1.807, 2.05) is 6.07 Å². The predicted octanol–water partition coefficient (Wildman–Crippen LogP) is -0.315. The zero-order valence-electron chi connectivity index (χ0n) is 9.73. The van der Waals surface area contributed by atoms with E-state index in [0.717, 1.165) is 10.0 Å². The monoisotopic (exact) mass is 314 g/mol. The lowest BCUT2D eigenvalue weighted by molar-refractivity contribution is -0.117. The largest absolute Gasteiger partial charge is 0.368 e. The van der Waals surface area contributed by atoms with Crippen LogP contribution in [-0.4, -0.2) is 24.9 Å². The number of carbonyl (C=O) groups is 2. The van der Waals surface area contributed by atoms with Gasteiger partial charge in [-0.25, -0.2) is 0 Å². The summed E-state index contributed by atoms with van der Waals surface area (Å²) in [5, 5.41) is 0. The topological polar surface area (TPSA) is 115 Å². The Morgan fingerprint density at radius 1 is 1.17 bits per heavy atom. The van der Waals surface area contributed by atoms with Crippen molar-refractivity contribution in [2.45, 2.75) is 6.54 Å². The van der Waals surface area contributed by atoms with Crippen LogP contribution in [-0.2, 0) is 16.1 Å². The molecule has 98 valence electrons. The van der Waals surface area contributed by atoms with Gasteiger partial charge in [-0.3, -0.25) is 9.59 Å². The van der Waals surface area contributed by atoms with Gasteiger partial charge >= 0.3 is 0 Å². The summed E-state index contributed by atoms with van der Waals surface area (Å²) in [4.78, 5) is 23.4. The van der Waals surface area contributed by atoms with Gasteiger partial charge < -0.3 is 22.1 Å². The number of amides is 2. The van der Waals surface area contributed by atoms with E-state index in [2.05, 4.69) is 15.9 Å². The first-order valence-corrected chi connectivity index (χ1v) is 6.03. The molecule has 18 heavy (non-hydrogen) atoms. The van der Waals surface area contributed by atoms with E-state index >= 15 is 0 Å². The van der Waals surface area contributed by atoms with Gasteiger partial charge in [-0.15, -0.1) is 0 Å². The van der Waals surface area contributed by atoms with E-state index in [4.69, 9.17) is 17.2 Å². The summed E-state index contributed by atoms with van der Waals surface area (Å²) in [6.07, 6.45) is 0. The fourth-order valence-electron chi connectivity index (χ4n) is 1.51. The summed E-state index contributed by atoms with van der Waals surface area (Å²) in [7, 11) is 0. The summed E-state index contributed by atoms with van der Waals surface area (Å²) < 4.78 is 0.807. The first-order valence-electron chi connectivity index (χ1n) is 5.24. The molecule has 0 aliphatic heterocycles. The second kappa shape index (κ2) is 6.36. The summed E-state index contributed by atoms with van der Waals surface area (Å²) in [6, 6.07) is 5.35. The van der Waals surface area contributed by atoms with Crippen LogP contribution in [0.2, 0.25) is 0 Å². The Hall–Kier alpha value is -1.60. The lowest BCUT2D eigenvalue weighted by Gasteiger charge is -2.22. The van der Waals surface area contributed by atoms with E-state index in [9.17, 15) is 9.59 Å². The van der Waals surface area contributed by atoms with Crippen LogP contribution >= 0.6 is 15.9 Å². The van der Waals surface area contributed by atoms with Crippen LogP contribution in [0.5, 0.6) is 0 Å². The lowest BCUT2D eigenvalue weighted by atomic mass is 10.2. The van der Waals surface area contributed by atoms with E-state index in [-0.39, 0.29) is 13.1 Å². The molecule has 0 unspecified atom stereocenters. The Morgan fingerprint density at radius 2 is 1.72 bits per heavy atom. The van der Waals surface area contributed by atoms with E-state index in [1.165, 1.54) is 4.90 Å². The maximum absolute atomic E-state index is 11.0. The highest BCUT2D eigenvalue weighted by Gasteiger charge is 2.13. The number of hydrogen-bond acceptors (Lipinski definition) is 4. The Kier molecular flexibility index (Phi) is 5.11. The quantitative estimate of drug-likeness (QED) is 0.667. The zero-order valence-corrected chi connectivity index (χ0v) is 11.3. The standard InChI is InChI=1S/C11H15BrN4O2/c12-9-3-8(2-1-7(9)4-13)16(5-10(14)17)6-11(15)18/h1-3H,4-6,13H2,(H2,14,17)(H2,15,18). The summed E-state index contributed by atoms with van der Waals surface area (Å²) in [6.45, 7) is 0.251. The molecule has 0 fully saturated rings. The molecule has 0 radical (unpaired) electrons. The molecular formula is C11H15BrN4O2. The molecule has 0 saturated heterocycles. The molecule has 0 saturated carbocycles. The molecular weight excluding hydrogens is 300 g/mol. The smallest absolute Gasteiger partial charge is 0.236 e.